The summed E-state index contributed by atoms with van der Waals surface area (Å²) in [5.41, 5.74) is 10.2. The standard InChI is InChI=1S/C14H22N2/c1-10-7-8-12(9-11(10)2)16(3)14-6-4-5-13(14)15/h7-9,13-14H,4-6,15H2,1-3H3. The summed E-state index contributed by atoms with van der Waals surface area (Å²) in [6.07, 6.45) is 3.66. The van der Waals surface area contributed by atoms with Crippen molar-refractivity contribution in [1.82, 2.24) is 0 Å². The van der Waals surface area contributed by atoms with Gasteiger partial charge in [0.15, 0.2) is 0 Å². The summed E-state index contributed by atoms with van der Waals surface area (Å²) in [7, 11) is 2.17. The Kier molecular flexibility index (Phi) is 3.20. The van der Waals surface area contributed by atoms with Gasteiger partial charge in [-0.05, 0) is 56.4 Å². The molecule has 1 aliphatic rings. The fourth-order valence-electron chi connectivity index (χ4n) is 2.59. The van der Waals surface area contributed by atoms with Gasteiger partial charge in [0.1, 0.15) is 0 Å². The first-order valence-corrected chi connectivity index (χ1v) is 6.15. The fourth-order valence-corrected chi connectivity index (χ4v) is 2.59. The second-order valence-electron chi connectivity index (χ2n) is 5.04. The Morgan fingerprint density at radius 2 is 1.94 bits per heavy atom. The van der Waals surface area contributed by atoms with E-state index in [2.05, 4.69) is 44.0 Å². The minimum Gasteiger partial charge on any atom is -0.370 e. The third kappa shape index (κ3) is 2.07. The maximum atomic E-state index is 6.14. The topological polar surface area (TPSA) is 29.3 Å². The van der Waals surface area contributed by atoms with Crippen molar-refractivity contribution in [3.63, 3.8) is 0 Å². The van der Waals surface area contributed by atoms with Gasteiger partial charge in [-0.15, -0.1) is 0 Å². The van der Waals surface area contributed by atoms with E-state index in [1.54, 1.807) is 0 Å². The van der Waals surface area contributed by atoms with Gasteiger partial charge in [-0.2, -0.15) is 0 Å². The van der Waals surface area contributed by atoms with Crippen LogP contribution in [0.4, 0.5) is 5.69 Å². The highest BCUT2D eigenvalue weighted by molar-refractivity contribution is 5.51. The zero-order chi connectivity index (χ0) is 11.7. The van der Waals surface area contributed by atoms with Gasteiger partial charge in [0, 0.05) is 24.8 Å². The number of anilines is 1. The van der Waals surface area contributed by atoms with Gasteiger partial charge in [-0.3, -0.25) is 0 Å². The van der Waals surface area contributed by atoms with E-state index in [9.17, 15) is 0 Å². The molecule has 2 nitrogen and oxygen atoms in total. The van der Waals surface area contributed by atoms with Gasteiger partial charge < -0.3 is 10.6 Å². The lowest BCUT2D eigenvalue weighted by atomic mass is 10.1. The summed E-state index contributed by atoms with van der Waals surface area (Å²) in [5.74, 6) is 0. The number of nitrogens with two attached hydrogens (primary N) is 1. The lowest BCUT2D eigenvalue weighted by Crippen LogP contribution is -2.42. The number of aryl methyl sites for hydroxylation is 2. The van der Waals surface area contributed by atoms with Crippen molar-refractivity contribution in [3.05, 3.63) is 29.3 Å². The summed E-state index contributed by atoms with van der Waals surface area (Å²) in [6, 6.07) is 7.52. The molecule has 0 amide bonds. The molecule has 0 heterocycles. The zero-order valence-electron chi connectivity index (χ0n) is 10.5. The maximum absolute atomic E-state index is 6.14. The van der Waals surface area contributed by atoms with Crippen LogP contribution in [0.25, 0.3) is 0 Å². The van der Waals surface area contributed by atoms with Crippen molar-refractivity contribution in [2.45, 2.75) is 45.2 Å². The molecule has 88 valence electrons. The molecule has 0 bridgehead atoms. The first-order chi connectivity index (χ1) is 7.59. The maximum Gasteiger partial charge on any atom is 0.0437 e. The van der Waals surface area contributed by atoms with E-state index in [0.29, 0.717) is 12.1 Å². The van der Waals surface area contributed by atoms with E-state index in [-0.39, 0.29) is 0 Å². The largest absolute Gasteiger partial charge is 0.370 e. The van der Waals surface area contributed by atoms with Crippen LogP contribution in [0, 0.1) is 13.8 Å². The number of likely N-dealkylation sites (N-methyl/N-ethyl adjacent to an activating group) is 1. The Balaban J connectivity index is 2.20. The summed E-state index contributed by atoms with van der Waals surface area (Å²) in [4.78, 5) is 2.35. The van der Waals surface area contributed by atoms with Crippen molar-refractivity contribution in [3.8, 4) is 0 Å². The average molecular weight is 218 g/mol. The molecule has 16 heavy (non-hydrogen) atoms. The van der Waals surface area contributed by atoms with Crippen molar-refractivity contribution < 1.29 is 0 Å². The minimum absolute atomic E-state index is 0.339. The molecule has 0 saturated heterocycles. The van der Waals surface area contributed by atoms with Crippen LogP contribution >= 0.6 is 0 Å². The molecular formula is C14H22N2. The Morgan fingerprint density at radius 1 is 1.19 bits per heavy atom. The summed E-state index contributed by atoms with van der Waals surface area (Å²) >= 11 is 0. The predicted molar refractivity (Wildman–Crippen MR) is 69.9 cm³/mol. The van der Waals surface area contributed by atoms with Gasteiger partial charge in [0.05, 0.1) is 0 Å². The Hall–Kier alpha value is -1.02. The molecule has 2 N–H and O–H groups in total. The normalized spacial score (nSPS) is 24.8. The van der Waals surface area contributed by atoms with Crippen molar-refractivity contribution in [2.24, 2.45) is 5.73 Å². The Labute approximate surface area is 98.4 Å². The SMILES string of the molecule is Cc1ccc(N(C)C2CCCC2N)cc1C. The monoisotopic (exact) mass is 218 g/mol. The molecule has 0 radical (unpaired) electrons. The summed E-state index contributed by atoms with van der Waals surface area (Å²) in [6.45, 7) is 4.32. The highest BCUT2D eigenvalue weighted by atomic mass is 15.2. The summed E-state index contributed by atoms with van der Waals surface area (Å²) < 4.78 is 0. The fraction of sp³-hybridized carbons (Fsp3) is 0.571. The smallest absolute Gasteiger partial charge is 0.0437 e. The van der Waals surface area contributed by atoms with Crippen LogP contribution in [0.2, 0.25) is 0 Å². The van der Waals surface area contributed by atoms with Crippen LogP contribution < -0.4 is 10.6 Å². The molecular weight excluding hydrogens is 196 g/mol. The molecule has 1 aliphatic carbocycles. The van der Waals surface area contributed by atoms with E-state index < -0.39 is 0 Å². The van der Waals surface area contributed by atoms with Crippen molar-refractivity contribution >= 4 is 5.69 Å². The van der Waals surface area contributed by atoms with Gasteiger partial charge >= 0.3 is 0 Å². The molecule has 1 fully saturated rings. The van der Waals surface area contributed by atoms with Crippen LogP contribution in [-0.2, 0) is 0 Å². The second kappa shape index (κ2) is 4.46. The second-order valence-corrected chi connectivity index (χ2v) is 5.04. The van der Waals surface area contributed by atoms with Crippen LogP contribution in [0.15, 0.2) is 18.2 Å². The highest BCUT2D eigenvalue weighted by Gasteiger charge is 2.27. The molecule has 1 aromatic carbocycles. The minimum atomic E-state index is 0.339. The molecule has 2 rings (SSSR count). The van der Waals surface area contributed by atoms with Crippen LogP contribution in [0.1, 0.15) is 30.4 Å². The Morgan fingerprint density at radius 3 is 2.50 bits per heavy atom. The van der Waals surface area contributed by atoms with Gasteiger partial charge in [-0.1, -0.05) is 6.07 Å². The highest BCUT2D eigenvalue weighted by Crippen LogP contribution is 2.27. The third-order valence-corrected chi connectivity index (χ3v) is 3.93. The predicted octanol–water partition coefficient (Wildman–Crippen LogP) is 2.62. The van der Waals surface area contributed by atoms with E-state index in [0.717, 1.165) is 0 Å². The molecule has 0 aromatic heterocycles. The van der Waals surface area contributed by atoms with E-state index >= 15 is 0 Å². The summed E-state index contributed by atoms with van der Waals surface area (Å²) in [5, 5.41) is 0. The van der Waals surface area contributed by atoms with Crippen molar-refractivity contribution in [2.75, 3.05) is 11.9 Å². The number of rotatable bonds is 2. The van der Waals surface area contributed by atoms with Crippen LogP contribution in [0.3, 0.4) is 0 Å². The van der Waals surface area contributed by atoms with Crippen LogP contribution in [0.5, 0.6) is 0 Å². The molecule has 0 aliphatic heterocycles. The Bertz CT molecular complexity index is 373. The zero-order valence-corrected chi connectivity index (χ0v) is 10.5. The third-order valence-electron chi connectivity index (χ3n) is 3.93. The number of hydrogen-bond acceptors (Lipinski definition) is 2. The lowest BCUT2D eigenvalue weighted by molar-refractivity contribution is 0.572. The van der Waals surface area contributed by atoms with E-state index in [1.807, 2.05) is 0 Å². The number of hydrogen-bond donors (Lipinski definition) is 1. The molecule has 2 unspecified atom stereocenters. The van der Waals surface area contributed by atoms with Gasteiger partial charge in [0.25, 0.3) is 0 Å². The average Bonchev–Trinajstić information content (AvgIpc) is 2.67. The van der Waals surface area contributed by atoms with Gasteiger partial charge in [0.2, 0.25) is 0 Å². The first kappa shape index (κ1) is 11.5. The molecule has 1 aromatic rings. The first-order valence-electron chi connectivity index (χ1n) is 6.15. The lowest BCUT2D eigenvalue weighted by Gasteiger charge is -2.30. The number of benzene rings is 1. The van der Waals surface area contributed by atoms with E-state index in [1.165, 1.54) is 36.1 Å². The van der Waals surface area contributed by atoms with Gasteiger partial charge in [-0.25, -0.2) is 0 Å². The molecule has 0 spiro atoms. The molecule has 1 saturated carbocycles. The number of nitrogens with zero attached hydrogens (tertiary/aromatic N) is 1. The van der Waals surface area contributed by atoms with Crippen molar-refractivity contribution in [1.29, 1.82) is 0 Å². The van der Waals surface area contributed by atoms with E-state index in [4.69, 9.17) is 5.73 Å². The molecule has 2 heteroatoms. The quantitative estimate of drug-likeness (QED) is 0.827. The van der Waals surface area contributed by atoms with Crippen LogP contribution in [-0.4, -0.2) is 19.1 Å². The molecule has 2 atom stereocenters.